The highest BCUT2D eigenvalue weighted by Crippen LogP contribution is 2.24. The van der Waals surface area contributed by atoms with Gasteiger partial charge in [0.05, 0.1) is 0 Å². The maximum absolute atomic E-state index is 5.53. The van der Waals surface area contributed by atoms with Crippen molar-refractivity contribution in [2.75, 3.05) is 7.05 Å². The maximum atomic E-state index is 5.53. The van der Waals surface area contributed by atoms with Gasteiger partial charge in [0.1, 0.15) is 5.52 Å². The summed E-state index contributed by atoms with van der Waals surface area (Å²) < 4.78 is 6.57. The average Bonchev–Trinajstić information content (AvgIpc) is 2.45. The molecule has 0 aliphatic carbocycles. The van der Waals surface area contributed by atoms with Gasteiger partial charge in [-0.05, 0) is 19.2 Å². The zero-order valence-corrected chi connectivity index (χ0v) is 9.68. The number of aromatic nitrogens is 1. The Morgan fingerprint density at radius 2 is 2.29 bits per heavy atom. The summed E-state index contributed by atoms with van der Waals surface area (Å²) >= 11 is 3.45. The number of nitrogens with one attached hydrogen (secondary N) is 1. The molecule has 1 aromatic carbocycles. The van der Waals surface area contributed by atoms with Crippen molar-refractivity contribution < 1.29 is 4.42 Å². The van der Waals surface area contributed by atoms with E-state index in [0.717, 1.165) is 27.7 Å². The van der Waals surface area contributed by atoms with E-state index in [1.807, 2.05) is 26.1 Å². The van der Waals surface area contributed by atoms with Gasteiger partial charge < -0.3 is 9.73 Å². The minimum Gasteiger partial charge on any atom is -0.441 e. The van der Waals surface area contributed by atoms with Crippen LogP contribution in [0.5, 0.6) is 0 Å². The Balaban J connectivity index is 2.66. The Morgan fingerprint density at radius 3 is 3.00 bits per heavy atom. The highest BCUT2D eigenvalue weighted by atomic mass is 79.9. The second-order valence-electron chi connectivity index (χ2n) is 3.18. The second-order valence-corrected chi connectivity index (χ2v) is 4.09. The maximum Gasteiger partial charge on any atom is 0.192 e. The number of benzene rings is 1. The van der Waals surface area contributed by atoms with E-state index in [-0.39, 0.29) is 0 Å². The lowest BCUT2D eigenvalue weighted by Gasteiger charge is -2.00. The average molecular weight is 255 g/mol. The molecule has 0 saturated carbocycles. The molecule has 0 atom stereocenters. The first-order valence-electron chi connectivity index (χ1n) is 4.41. The Hall–Kier alpha value is -0.870. The third-order valence-corrected chi connectivity index (χ3v) is 2.46. The van der Waals surface area contributed by atoms with E-state index in [2.05, 4.69) is 26.2 Å². The largest absolute Gasteiger partial charge is 0.441 e. The number of aryl methyl sites for hydroxylation is 1. The number of nitrogens with zero attached hydrogens (tertiary/aromatic N) is 1. The normalized spacial score (nSPS) is 11.1. The summed E-state index contributed by atoms with van der Waals surface area (Å²) in [6.07, 6.45) is 0. The zero-order chi connectivity index (χ0) is 10.1. The summed E-state index contributed by atoms with van der Waals surface area (Å²) in [6.45, 7) is 2.64. The van der Waals surface area contributed by atoms with Crippen molar-refractivity contribution in [1.29, 1.82) is 0 Å². The molecule has 2 aromatic rings. The highest BCUT2D eigenvalue weighted by Gasteiger charge is 2.08. The molecule has 2 rings (SSSR count). The van der Waals surface area contributed by atoms with Crippen molar-refractivity contribution in [2.45, 2.75) is 13.5 Å². The van der Waals surface area contributed by atoms with Gasteiger partial charge in [0, 0.05) is 23.5 Å². The Morgan fingerprint density at radius 1 is 1.50 bits per heavy atom. The third-order valence-electron chi connectivity index (χ3n) is 2.01. The molecule has 1 N–H and O–H groups in total. The van der Waals surface area contributed by atoms with Crippen LogP contribution in [0.3, 0.4) is 0 Å². The summed E-state index contributed by atoms with van der Waals surface area (Å²) in [5.41, 5.74) is 2.90. The molecule has 4 heteroatoms. The summed E-state index contributed by atoms with van der Waals surface area (Å²) in [5, 5.41) is 3.10. The fourth-order valence-electron chi connectivity index (χ4n) is 1.50. The molecule has 0 radical (unpaired) electrons. The third kappa shape index (κ3) is 1.67. The van der Waals surface area contributed by atoms with Crippen LogP contribution in [0, 0.1) is 6.92 Å². The van der Waals surface area contributed by atoms with Gasteiger partial charge in [-0.1, -0.05) is 15.9 Å². The van der Waals surface area contributed by atoms with E-state index in [9.17, 15) is 0 Å². The van der Waals surface area contributed by atoms with Gasteiger partial charge in [0.2, 0.25) is 0 Å². The smallest absolute Gasteiger partial charge is 0.192 e. The van der Waals surface area contributed by atoms with Crippen LogP contribution in [0.2, 0.25) is 0 Å². The van der Waals surface area contributed by atoms with Crippen LogP contribution in [0.1, 0.15) is 11.5 Å². The molecule has 1 aromatic heterocycles. The van der Waals surface area contributed by atoms with Crippen molar-refractivity contribution in [3.05, 3.63) is 28.1 Å². The topological polar surface area (TPSA) is 38.1 Å². The molecule has 14 heavy (non-hydrogen) atoms. The lowest BCUT2D eigenvalue weighted by molar-refractivity contribution is 0.556. The molecule has 0 aliphatic heterocycles. The van der Waals surface area contributed by atoms with Crippen molar-refractivity contribution in [3.63, 3.8) is 0 Å². The predicted molar refractivity (Wildman–Crippen MR) is 59.2 cm³/mol. The van der Waals surface area contributed by atoms with Crippen LogP contribution in [-0.4, -0.2) is 12.0 Å². The van der Waals surface area contributed by atoms with Crippen LogP contribution in [-0.2, 0) is 6.54 Å². The van der Waals surface area contributed by atoms with Crippen LogP contribution in [0.4, 0.5) is 0 Å². The zero-order valence-electron chi connectivity index (χ0n) is 8.10. The van der Waals surface area contributed by atoms with E-state index in [1.165, 1.54) is 0 Å². The van der Waals surface area contributed by atoms with E-state index in [0.29, 0.717) is 5.89 Å². The fraction of sp³-hybridized carbons (Fsp3) is 0.300. The SMILES string of the molecule is CNCc1cc(Br)cc2nc(C)oc12. The first kappa shape index (κ1) is 9.68. The molecule has 0 fully saturated rings. The minimum atomic E-state index is 0.704. The highest BCUT2D eigenvalue weighted by molar-refractivity contribution is 9.10. The summed E-state index contributed by atoms with van der Waals surface area (Å²) in [5.74, 6) is 0.704. The van der Waals surface area contributed by atoms with Crippen LogP contribution >= 0.6 is 15.9 Å². The van der Waals surface area contributed by atoms with Gasteiger partial charge in [-0.3, -0.25) is 0 Å². The van der Waals surface area contributed by atoms with Crippen molar-refractivity contribution in [2.24, 2.45) is 0 Å². The lowest BCUT2D eigenvalue weighted by atomic mass is 10.2. The van der Waals surface area contributed by atoms with Gasteiger partial charge in [0.25, 0.3) is 0 Å². The van der Waals surface area contributed by atoms with Crippen LogP contribution in [0.15, 0.2) is 21.0 Å². The monoisotopic (exact) mass is 254 g/mol. The van der Waals surface area contributed by atoms with Gasteiger partial charge in [0.15, 0.2) is 11.5 Å². The molecule has 0 saturated heterocycles. The van der Waals surface area contributed by atoms with Crippen molar-refractivity contribution in [3.8, 4) is 0 Å². The molecule has 3 nitrogen and oxygen atoms in total. The van der Waals surface area contributed by atoms with E-state index in [4.69, 9.17) is 4.42 Å². The molecule has 0 spiro atoms. The minimum absolute atomic E-state index is 0.704. The van der Waals surface area contributed by atoms with Gasteiger partial charge >= 0.3 is 0 Å². The fourth-order valence-corrected chi connectivity index (χ4v) is 1.99. The predicted octanol–water partition coefficient (Wildman–Crippen LogP) is 2.62. The summed E-state index contributed by atoms with van der Waals surface area (Å²) in [6, 6.07) is 4.01. The Labute approximate surface area is 90.6 Å². The van der Waals surface area contributed by atoms with Gasteiger partial charge in [-0.15, -0.1) is 0 Å². The number of oxazole rings is 1. The number of hydrogen-bond donors (Lipinski definition) is 1. The first-order chi connectivity index (χ1) is 6.70. The summed E-state index contributed by atoms with van der Waals surface area (Å²) in [7, 11) is 1.91. The Bertz CT molecular complexity index is 464. The number of fused-ring (bicyclic) bond motifs is 1. The molecule has 74 valence electrons. The van der Waals surface area contributed by atoms with E-state index >= 15 is 0 Å². The molecular formula is C10H11BrN2O. The standard InChI is InChI=1S/C10H11BrN2O/c1-6-13-9-4-8(11)3-7(5-12-2)10(9)14-6/h3-4,12H,5H2,1-2H3. The van der Waals surface area contributed by atoms with Gasteiger partial charge in [-0.2, -0.15) is 0 Å². The van der Waals surface area contributed by atoms with Crippen LogP contribution < -0.4 is 5.32 Å². The van der Waals surface area contributed by atoms with Crippen LogP contribution in [0.25, 0.3) is 11.1 Å². The molecule has 0 bridgehead atoms. The molecule has 0 unspecified atom stereocenters. The molecule has 1 heterocycles. The molecule has 0 amide bonds. The number of hydrogen-bond acceptors (Lipinski definition) is 3. The first-order valence-corrected chi connectivity index (χ1v) is 5.20. The summed E-state index contributed by atoms with van der Waals surface area (Å²) in [4.78, 5) is 4.29. The van der Waals surface area contributed by atoms with Crippen molar-refractivity contribution >= 4 is 27.0 Å². The second kappa shape index (κ2) is 3.71. The molecular weight excluding hydrogens is 244 g/mol. The van der Waals surface area contributed by atoms with Crippen molar-refractivity contribution in [1.82, 2.24) is 10.3 Å². The van der Waals surface area contributed by atoms with E-state index in [1.54, 1.807) is 0 Å². The Kier molecular flexibility index (Phi) is 2.56. The number of halogens is 1. The lowest BCUT2D eigenvalue weighted by Crippen LogP contribution is -2.05. The molecule has 0 aliphatic rings. The van der Waals surface area contributed by atoms with Gasteiger partial charge in [-0.25, -0.2) is 4.98 Å². The van der Waals surface area contributed by atoms with E-state index < -0.39 is 0 Å². The number of rotatable bonds is 2. The quantitative estimate of drug-likeness (QED) is 0.896.